The van der Waals surface area contributed by atoms with Crippen molar-refractivity contribution in [1.29, 1.82) is 0 Å². The molecule has 0 spiro atoms. The Bertz CT molecular complexity index is 939. The molecule has 2 aromatic heterocycles. The van der Waals surface area contributed by atoms with E-state index in [2.05, 4.69) is 20.3 Å². The monoisotopic (exact) mass is 416 g/mol. The first-order chi connectivity index (χ1) is 13.3. The summed E-state index contributed by atoms with van der Waals surface area (Å²) in [6.07, 6.45) is -0.779. The third kappa shape index (κ3) is 3.05. The quantitative estimate of drug-likeness (QED) is 0.697. The van der Waals surface area contributed by atoms with Gasteiger partial charge in [0.2, 0.25) is 5.95 Å². The highest BCUT2D eigenvalue weighted by Gasteiger charge is 2.61. The number of rotatable bonds is 5. The fraction of sp³-hybridized carbons (Fsp3) is 0.667. The molecule has 154 valence electrons. The van der Waals surface area contributed by atoms with E-state index in [4.69, 9.17) is 24.0 Å². The Labute approximate surface area is 160 Å². The largest absolute Gasteiger partial charge is 0.475 e. The summed E-state index contributed by atoms with van der Waals surface area (Å²) in [4.78, 5) is 12.7. The van der Waals surface area contributed by atoms with Crippen LogP contribution in [0.5, 0.6) is 0 Å². The van der Waals surface area contributed by atoms with Gasteiger partial charge in [-0.1, -0.05) is 6.92 Å². The number of hydrogen-bond acceptors (Lipinski definition) is 10. The first kappa shape index (κ1) is 19.5. The van der Waals surface area contributed by atoms with Gasteiger partial charge < -0.3 is 15.8 Å². The molecule has 1 unspecified atom stereocenters. The lowest BCUT2D eigenvalue weighted by Crippen LogP contribution is -2.44. The second-order valence-corrected chi connectivity index (χ2v) is 8.54. The molecule has 0 radical (unpaired) electrons. The number of fused-ring (bicyclic) bond motifs is 2. The third-order valence-corrected chi connectivity index (χ3v) is 6.18. The van der Waals surface area contributed by atoms with Crippen LogP contribution in [-0.2, 0) is 22.9 Å². The van der Waals surface area contributed by atoms with E-state index in [1.54, 1.807) is 0 Å². The molecule has 5 atom stereocenters. The minimum atomic E-state index is -3.82. The summed E-state index contributed by atoms with van der Waals surface area (Å²) in [6, 6.07) is 0. The summed E-state index contributed by atoms with van der Waals surface area (Å²) >= 11 is 0. The molecule has 2 aromatic rings. The molecule has 3 N–H and O–H groups in total. The molecular formula is C15H22FN6O5P. The molecule has 2 saturated heterocycles. The summed E-state index contributed by atoms with van der Waals surface area (Å²) in [6.45, 7) is 3.86. The zero-order valence-electron chi connectivity index (χ0n) is 15.7. The van der Waals surface area contributed by atoms with Crippen molar-refractivity contribution in [2.45, 2.75) is 44.4 Å². The van der Waals surface area contributed by atoms with Gasteiger partial charge in [0.05, 0.1) is 12.9 Å². The summed E-state index contributed by atoms with van der Waals surface area (Å²) in [5.41, 5.74) is 4.52. The number of nitrogens with two attached hydrogens (primary N) is 1. The number of nitrogen functional groups attached to an aromatic ring is 1. The molecule has 2 fully saturated rings. The van der Waals surface area contributed by atoms with Crippen molar-refractivity contribution in [3.63, 3.8) is 0 Å². The minimum Gasteiger partial charge on any atom is -0.368 e. The van der Waals surface area contributed by atoms with Gasteiger partial charge in [-0.3, -0.25) is 18.1 Å². The van der Waals surface area contributed by atoms with E-state index in [9.17, 15) is 4.57 Å². The maximum Gasteiger partial charge on any atom is 0.475 e. The van der Waals surface area contributed by atoms with Crippen LogP contribution < -0.4 is 11.1 Å². The van der Waals surface area contributed by atoms with E-state index in [0.29, 0.717) is 23.5 Å². The van der Waals surface area contributed by atoms with E-state index in [0.717, 1.165) is 6.42 Å². The minimum absolute atomic E-state index is 0.0206. The lowest BCUT2D eigenvalue weighted by Gasteiger charge is -2.33. The molecule has 28 heavy (non-hydrogen) atoms. The summed E-state index contributed by atoms with van der Waals surface area (Å²) in [5, 5.41) is 3.13. The van der Waals surface area contributed by atoms with Gasteiger partial charge in [-0.05, 0) is 13.3 Å². The van der Waals surface area contributed by atoms with Gasteiger partial charge in [0.25, 0.3) is 0 Å². The van der Waals surface area contributed by atoms with E-state index in [1.807, 2.05) is 6.92 Å². The first-order valence-electron chi connectivity index (χ1n) is 8.86. The predicted molar refractivity (Wildman–Crippen MR) is 97.4 cm³/mol. The Hall–Kier alpha value is -1.85. The zero-order valence-corrected chi connectivity index (χ0v) is 16.6. The van der Waals surface area contributed by atoms with Gasteiger partial charge in [0, 0.05) is 13.7 Å². The van der Waals surface area contributed by atoms with Gasteiger partial charge >= 0.3 is 7.82 Å². The average Bonchev–Trinajstić information content (AvgIpc) is 3.18. The lowest BCUT2D eigenvalue weighted by atomic mass is 9.98. The first-order valence-corrected chi connectivity index (χ1v) is 10.3. The van der Waals surface area contributed by atoms with Gasteiger partial charge in [-0.2, -0.15) is 9.97 Å². The van der Waals surface area contributed by atoms with Gasteiger partial charge in [-0.25, -0.2) is 13.9 Å². The number of nitrogens with one attached hydrogen (secondary N) is 1. The van der Waals surface area contributed by atoms with E-state index in [-0.39, 0.29) is 12.6 Å². The normalized spacial score (nSPS) is 35.2. The second kappa shape index (κ2) is 6.89. The molecular weight excluding hydrogens is 394 g/mol. The maximum atomic E-state index is 15.8. The Morgan fingerprint density at radius 1 is 1.54 bits per heavy atom. The number of phosphoric acid groups is 1. The Kier molecular flexibility index (Phi) is 4.79. The molecule has 0 aliphatic carbocycles. The molecule has 13 heteroatoms. The summed E-state index contributed by atoms with van der Waals surface area (Å²) in [5.74, 6) is 0.481. The Balaban J connectivity index is 1.72. The average molecular weight is 416 g/mol. The lowest BCUT2D eigenvalue weighted by molar-refractivity contribution is -0.0686. The topological polar surface area (TPSA) is 136 Å². The van der Waals surface area contributed by atoms with Crippen LogP contribution in [0.2, 0.25) is 0 Å². The van der Waals surface area contributed by atoms with E-state index >= 15 is 4.39 Å². The third-order valence-electron chi connectivity index (χ3n) is 4.78. The van der Waals surface area contributed by atoms with Crippen LogP contribution in [-0.4, -0.2) is 57.7 Å². The van der Waals surface area contributed by atoms with Gasteiger partial charge in [0.1, 0.15) is 12.2 Å². The van der Waals surface area contributed by atoms with Crippen molar-refractivity contribution in [3.05, 3.63) is 6.33 Å². The second-order valence-electron chi connectivity index (χ2n) is 6.81. The number of halogens is 1. The molecule has 0 aromatic carbocycles. The molecule has 2 aliphatic heterocycles. The highest BCUT2D eigenvalue weighted by molar-refractivity contribution is 7.48. The SMILES string of the molecule is CCCNc1nc(N)nc2c1ncn2[C@@H]1O[C@@H]2COP(=O)(OC)O[C@H]2[C@@]1(C)F. The van der Waals surface area contributed by atoms with Crippen LogP contribution in [0.25, 0.3) is 11.2 Å². The van der Waals surface area contributed by atoms with Crippen LogP contribution in [0.1, 0.15) is 26.5 Å². The smallest absolute Gasteiger partial charge is 0.368 e. The summed E-state index contributed by atoms with van der Waals surface area (Å²) in [7, 11) is -2.65. The van der Waals surface area contributed by atoms with Crippen molar-refractivity contribution >= 4 is 30.8 Å². The molecule has 4 rings (SSSR count). The maximum absolute atomic E-state index is 15.8. The van der Waals surface area contributed by atoms with Crippen LogP contribution in [0, 0.1) is 0 Å². The zero-order chi connectivity index (χ0) is 20.1. The number of nitrogens with zero attached hydrogens (tertiary/aromatic N) is 4. The number of hydrogen-bond donors (Lipinski definition) is 2. The van der Waals surface area contributed by atoms with Crippen LogP contribution in [0.4, 0.5) is 16.2 Å². The fourth-order valence-electron chi connectivity index (χ4n) is 3.41. The Morgan fingerprint density at radius 3 is 3.04 bits per heavy atom. The highest BCUT2D eigenvalue weighted by Crippen LogP contribution is 2.59. The molecule has 2 aliphatic rings. The van der Waals surface area contributed by atoms with Crippen molar-refractivity contribution in [2.24, 2.45) is 0 Å². The van der Waals surface area contributed by atoms with Crippen molar-refractivity contribution in [1.82, 2.24) is 19.5 Å². The standard InChI is InChI=1S/C15H22FN6O5P/c1-4-5-18-11-9-12(21-14(17)20-11)22(7-19-9)13-15(2,16)10-8(26-13)6-25-28(23,24-3)27-10/h7-8,10,13H,4-6H2,1-3H3,(H3,17,18,20,21)/t8-,10-,13-,15-,28?/m1/s1. The number of phosphoric ester groups is 1. The molecule has 0 amide bonds. The van der Waals surface area contributed by atoms with Gasteiger partial charge in [0.15, 0.2) is 28.9 Å². The molecule has 4 heterocycles. The van der Waals surface area contributed by atoms with Crippen molar-refractivity contribution in [2.75, 3.05) is 31.3 Å². The van der Waals surface area contributed by atoms with Crippen LogP contribution in [0.15, 0.2) is 6.33 Å². The fourth-order valence-corrected chi connectivity index (χ4v) is 4.61. The number of anilines is 2. The molecule has 0 bridgehead atoms. The van der Waals surface area contributed by atoms with Crippen molar-refractivity contribution in [3.8, 4) is 0 Å². The molecule has 0 saturated carbocycles. The number of imidazole rings is 1. The highest BCUT2D eigenvalue weighted by atomic mass is 31.2. The Morgan fingerprint density at radius 2 is 2.32 bits per heavy atom. The predicted octanol–water partition coefficient (Wildman–Crippen LogP) is 2.03. The van der Waals surface area contributed by atoms with E-state index < -0.39 is 31.9 Å². The van der Waals surface area contributed by atoms with E-state index in [1.165, 1.54) is 24.9 Å². The van der Waals surface area contributed by atoms with Gasteiger partial charge in [-0.15, -0.1) is 0 Å². The van der Waals surface area contributed by atoms with Crippen LogP contribution >= 0.6 is 7.82 Å². The summed E-state index contributed by atoms with van der Waals surface area (Å²) < 4.78 is 50.5. The molecule has 11 nitrogen and oxygen atoms in total. The number of ether oxygens (including phenoxy) is 1. The van der Waals surface area contributed by atoms with Crippen molar-refractivity contribution < 1.29 is 27.3 Å². The number of aromatic nitrogens is 4. The van der Waals surface area contributed by atoms with Crippen LogP contribution in [0.3, 0.4) is 0 Å². The number of alkyl halides is 1.